The van der Waals surface area contributed by atoms with Crippen LogP contribution in [0.5, 0.6) is 0 Å². The molecule has 98 valence electrons. The van der Waals surface area contributed by atoms with Gasteiger partial charge in [-0.15, -0.1) is 0 Å². The van der Waals surface area contributed by atoms with Crippen molar-refractivity contribution in [2.45, 2.75) is 13.8 Å². The number of aromatic carboxylic acids is 1. The number of nitrogens with one attached hydrogen (secondary N) is 1. The Balaban J connectivity index is 2.38. The number of imidazole rings is 1. The molecular formula is C13H12N2O2SW. The van der Waals surface area contributed by atoms with E-state index < -0.39 is 5.97 Å². The second kappa shape index (κ2) is 5.76. The summed E-state index contributed by atoms with van der Waals surface area (Å²) in [4.78, 5) is 19.8. The summed E-state index contributed by atoms with van der Waals surface area (Å²) in [5.74, 6) is -0.106. The third kappa shape index (κ3) is 3.17. The maximum absolute atomic E-state index is 11.0. The average molecular weight is 444 g/mol. The zero-order valence-corrected chi connectivity index (χ0v) is 14.2. The molecule has 0 fully saturated rings. The van der Waals surface area contributed by atoms with Gasteiger partial charge in [0.2, 0.25) is 0 Å². The van der Waals surface area contributed by atoms with Gasteiger partial charge < -0.3 is 0 Å². The monoisotopic (exact) mass is 444 g/mol. The number of thiophene rings is 1. The van der Waals surface area contributed by atoms with Crippen molar-refractivity contribution in [3.8, 4) is 11.3 Å². The number of carboxylic acid groups (broad SMARTS) is 1. The van der Waals surface area contributed by atoms with E-state index in [0.717, 1.165) is 27.5 Å². The zero-order chi connectivity index (χ0) is 14.0. The van der Waals surface area contributed by atoms with Crippen LogP contribution >= 0.6 is 11.3 Å². The molecule has 19 heavy (non-hydrogen) atoms. The van der Waals surface area contributed by atoms with E-state index in [1.54, 1.807) is 12.3 Å². The van der Waals surface area contributed by atoms with E-state index >= 15 is 0 Å². The minimum atomic E-state index is -0.890. The number of rotatable bonds is 4. The van der Waals surface area contributed by atoms with Gasteiger partial charge in [0, 0.05) is 0 Å². The SMILES string of the molecule is C/C([CH]=[W])=C/c1ncc(-c2cc(C(=O)O)sc2C)[nH]1. The van der Waals surface area contributed by atoms with Gasteiger partial charge in [0.1, 0.15) is 0 Å². The van der Waals surface area contributed by atoms with Gasteiger partial charge in [-0.05, 0) is 0 Å². The molecule has 0 aromatic carbocycles. The molecule has 2 N–H and O–H groups in total. The number of hydrogen-bond donors (Lipinski definition) is 2. The van der Waals surface area contributed by atoms with E-state index in [1.807, 2.05) is 19.9 Å². The van der Waals surface area contributed by atoms with Gasteiger partial charge >= 0.3 is 126 Å². The number of aromatic amines is 1. The van der Waals surface area contributed by atoms with Crippen LogP contribution in [0, 0.1) is 6.92 Å². The van der Waals surface area contributed by atoms with E-state index in [0.29, 0.717) is 4.88 Å². The first-order chi connectivity index (χ1) is 9.01. The Kier molecular flexibility index (Phi) is 4.27. The third-order valence-corrected chi connectivity index (χ3v) is 4.94. The van der Waals surface area contributed by atoms with Gasteiger partial charge in [-0.25, -0.2) is 0 Å². The number of aromatic nitrogens is 2. The van der Waals surface area contributed by atoms with Crippen molar-refractivity contribution in [1.29, 1.82) is 0 Å². The molecule has 0 bridgehead atoms. The van der Waals surface area contributed by atoms with Crippen LogP contribution in [0.1, 0.15) is 27.3 Å². The molecule has 0 unspecified atom stereocenters. The summed E-state index contributed by atoms with van der Waals surface area (Å²) >= 11 is 2.68. The van der Waals surface area contributed by atoms with E-state index in [9.17, 15) is 4.79 Å². The van der Waals surface area contributed by atoms with E-state index in [-0.39, 0.29) is 0 Å². The fraction of sp³-hybridized carbons (Fsp3) is 0.154. The van der Waals surface area contributed by atoms with E-state index in [1.165, 1.54) is 30.7 Å². The maximum atomic E-state index is 11.0. The Hall–Kier alpha value is -1.32. The first-order valence-electron chi connectivity index (χ1n) is 5.54. The molecule has 0 saturated carbocycles. The van der Waals surface area contributed by atoms with Gasteiger partial charge in [0.25, 0.3) is 0 Å². The second-order valence-electron chi connectivity index (χ2n) is 4.07. The molecule has 0 radical (unpaired) electrons. The summed E-state index contributed by atoms with van der Waals surface area (Å²) in [5, 5.41) is 9.00. The summed E-state index contributed by atoms with van der Waals surface area (Å²) in [7, 11) is 0. The molecule has 0 saturated heterocycles. The van der Waals surface area contributed by atoms with Crippen molar-refractivity contribution in [3.05, 3.63) is 33.4 Å². The van der Waals surface area contributed by atoms with Crippen LogP contribution in [-0.2, 0) is 19.4 Å². The molecule has 0 aliphatic carbocycles. The molecule has 0 aliphatic heterocycles. The standard InChI is InChI=1S/C13H12N2O2S.W/c1-7(2)4-12-14-6-10(15-12)9-5-11(13(16)17)18-8(9)3;/h1,4-6H,2-3H3,(H,14,15)(H,16,17);/b7-4+;. The number of H-pyrrole nitrogens is 1. The zero-order valence-electron chi connectivity index (χ0n) is 10.4. The quantitative estimate of drug-likeness (QED) is 0.763. The van der Waals surface area contributed by atoms with Crippen molar-refractivity contribution in [2.24, 2.45) is 0 Å². The normalized spacial score (nSPS) is 11.6. The van der Waals surface area contributed by atoms with Crippen LogP contribution in [0.4, 0.5) is 0 Å². The number of hydrogen-bond acceptors (Lipinski definition) is 3. The first-order valence-corrected chi connectivity index (χ1v) is 8.05. The fourth-order valence-corrected chi connectivity index (χ4v) is 2.77. The van der Waals surface area contributed by atoms with Gasteiger partial charge in [-0.3, -0.25) is 0 Å². The molecule has 0 aliphatic rings. The Morgan fingerprint density at radius 2 is 2.32 bits per heavy atom. The molecule has 4 nitrogen and oxygen atoms in total. The Morgan fingerprint density at radius 3 is 2.89 bits per heavy atom. The topological polar surface area (TPSA) is 66.0 Å². The van der Waals surface area contributed by atoms with Gasteiger partial charge in [-0.1, -0.05) is 0 Å². The van der Waals surface area contributed by atoms with Crippen LogP contribution in [0.25, 0.3) is 17.3 Å². The summed E-state index contributed by atoms with van der Waals surface area (Å²) in [6, 6.07) is 1.69. The first kappa shape index (κ1) is 14.1. The van der Waals surface area contributed by atoms with E-state index in [4.69, 9.17) is 5.11 Å². The summed E-state index contributed by atoms with van der Waals surface area (Å²) in [5.41, 5.74) is 2.91. The van der Waals surface area contributed by atoms with Crippen LogP contribution in [0.2, 0.25) is 0 Å². The summed E-state index contributed by atoms with van der Waals surface area (Å²) in [6.45, 7) is 3.94. The van der Waals surface area contributed by atoms with Gasteiger partial charge in [-0.2, -0.15) is 0 Å². The molecule has 0 spiro atoms. The van der Waals surface area contributed by atoms with Gasteiger partial charge in [0.15, 0.2) is 0 Å². The summed E-state index contributed by atoms with van der Waals surface area (Å²) in [6.07, 6.45) is 3.71. The van der Waals surface area contributed by atoms with Crippen molar-refractivity contribution in [2.75, 3.05) is 0 Å². The molecule has 2 aromatic rings. The Labute approximate surface area is 125 Å². The average Bonchev–Trinajstić information content (AvgIpc) is 2.95. The Morgan fingerprint density at radius 1 is 1.58 bits per heavy atom. The number of allylic oxidation sites excluding steroid dienone is 1. The Bertz CT molecular complexity index is 670. The molecule has 2 heterocycles. The number of nitrogens with zero attached hydrogens (tertiary/aromatic N) is 1. The third-order valence-electron chi connectivity index (χ3n) is 2.56. The van der Waals surface area contributed by atoms with Crippen molar-refractivity contribution < 1.29 is 29.3 Å². The van der Waals surface area contributed by atoms with Crippen LogP contribution in [-0.4, -0.2) is 25.4 Å². The molecule has 0 atom stereocenters. The minimum absolute atomic E-state index is 0.348. The van der Waals surface area contributed by atoms with Crippen LogP contribution in [0.15, 0.2) is 17.8 Å². The molecule has 0 amide bonds. The number of aryl methyl sites for hydroxylation is 1. The number of carboxylic acids is 1. The molecule has 2 rings (SSSR count). The number of carbonyl (C=O) groups is 1. The van der Waals surface area contributed by atoms with E-state index in [2.05, 4.69) is 14.4 Å². The summed E-state index contributed by atoms with van der Waals surface area (Å²) < 4.78 is 2.08. The molecule has 6 heteroatoms. The van der Waals surface area contributed by atoms with Crippen molar-refractivity contribution >= 4 is 27.8 Å². The van der Waals surface area contributed by atoms with Crippen LogP contribution in [0.3, 0.4) is 0 Å². The molecule has 2 aromatic heterocycles. The second-order valence-corrected chi connectivity index (χ2v) is 6.18. The van der Waals surface area contributed by atoms with Gasteiger partial charge in [0.05, 0.1) is 0 Å². The van der Waals surface area contributed by atoms with Crippen LogP contribution < -0.4 is 0 Å². The van der Waals surface area contributed by atoms with Crippen molar-refractivity contribution in [3.63, 3.8) is 0 Å². The predicted octanol–water partition coefficient (Wildman–Crippen LogP) is 2.90. The van der Waals surface area contributed by atoms with Crippen molar-refractivity contribution in [1.82, 2.24) is 9.97 Å². The molecular weight excluding hydrogens is 432 g/mol. The predicted molar refractivity (Wildman–Crippen MR) is 73.3 cm³/mol. The fourth-order valence-electron chi connectivity index (χ4n) is 1.65.